The summed E-state index contributed by atoms with van der Waals surface area (Å²) in [5.74, 6) is 1.85. The maximum atomic E-state index is 12.7. The molecule has 1 amide bonds. The Labute approximate surface area is 288 Å². The lowest BCUT2D eigenvalue weighted by Crippen LogP contribution is -2.45. The molecule has 3 atom stereocenters. The molecular weight excluding hydrogens is 628 g/mol. The largest absolute Gasteiger partial charge is 0.490 e. The number of carbonyl (C=O) groups excluding carboxylic acids is 1. The SMILES string of the molecule is CC(C)c1ccc(SCCCC(=O)N(C)CC(O)C(O)C(O)CCO)cc1COC1(c2cnccc2-c2ccccc2OC2CC2)CC1. The number of carbonyl (C=O) groups is 1. The van der Waals surface area contributed by atoms with Crippen molar-refractivity contribution in [1.29, 1.82) is 0 Å². The van der Waals surface area contributed by atoms with Crippen LogP contribution in [0, 0.1) is 0 Å². The molecule has 48 heavy (non-hydrogen) atoms. The van der Waals surface area contributed by atoms with Crippen molar-refractivity contribution in [2.75, 3.05) is 26.0 Å². The molecule has 4 N–H and O–H groups in total. The van der Waals surface area contributed by atoms with E-state index in [1.807, 2.05) is 18.5 Å². The molecule has 2 saturated carbocycles. The zero-order valence-corrected chi connectivity index (χ0v) is 29.1. The van der Waals surface area contributed by atoms with Crippen LogP contribution in [0.2, 0.25) is 0 Å². The maximum absolute atomic E-state index is 12.7. The summed E-state index contributed by atoms with van der Waals surface area (Å²) in [6.45, 7) is 4.48. The number of thioether (sulfide) groups is 1. The summed E-state index contributed by atoms with van der Waals surface area (Å²) in [6.07, 6.45) is 5.10. The predicted molar refractivity (Wildman–Crippen MR) is 187 cm³/mol. The second kappa shape index (κ2) is 16.6. The van der Waals surface area contributed by atoms with E-state index in [0.717, 1.165) is 64.3 Å². The van der Waals surface area contributed by atoms with Crippen LogP contribution in [0.15, 0.2) is 65.8 Å². The van der Waals surface area contributed by atoms with Gasteiger partial charge in [0.25, 0.3) is 0 Å². The minimum absolute atomic E-state index is 0.0451. The molecule has 10 heteroatoms. The van der Waals surface area contributed by atoms with Crippen LogP contribution < -0.4 is 4.74 Å². The number of hydrogen-bond acceptors (Lipinski definition) is 9. The minimum atomic E-state index is -1.43. The normalized spacial score (nSPS) is 17.2. The highest BCUT2D eigenvalue weighted by Crippen LogP contribution is 2.53. The molecule has 0 radical (unpaired) electrons. The molecule has 3 unspecified atom stereocenters. The van der Waals surface area contributed by atoms with Gasteiger partial charge in [-0.3, -0.25) is 9.78 Å². The number of ether oxygens (including phenoxy) is 2. The first kappa shape index (κ1) is 36.3. The second-order valence-electron chi connectivity index (χ2n) is 13.4. The lowest BCUT2D eigenvalue weighted by Gasteiger charge is -2.26. The number of para-hydroxylation sites is 1. The van der Waals surface area contributed by atoms with Gasteiger partial charge in [0, 0.05) is 55.0 Å². The van der Waals surface area contributed by atoms with Crippen LogP contribution in [0.1, 0.15) is 81.4 Å². The summed E-state index contributed by atoms with van der Waals surface area (Å²) in [7, 11) is 1.57. The predicted octanol–water partition coefficient (Wildman–Crippen LogP) is 5.41. The average Bonchev–Trinajstić information content (AvgIpc) is 4.03. The zero-order valence-electron chi connectivity index (χ0n) is 28.3. The molecule has 260 valence electrons. The first-order chi connectivity index (χ1) is 23.1. The Bertz CT molecular complexity index is 1510. The minimum Gasteiger partial charge on any atom is -0.490 e. The highest BCUT2D eigenvalue weighted by atomic mass is 32.2. The van der Waals surface area contributed by atoms with Crippen LogP contribution in [-0.2, 0) is 21.7 Å². The third-order valence-electron chi connectivity index (χ3n) is 9.16. The highest BCUT2D eigenvalue weighted by molar-refractivity contribution is 7.99. The van der Waals surface area contributed by atoms with E-state index in [1.165, 1.54) is 10.5 Å². The Balaban J connectivity index is 1.18. The quantitative estimate of drug-likeness (QED) is 0.0970. The van der Waals surface area contributed by atoms with Gasteiger partial charge >= 0.3 is 0 Å². The summed E-state index contributed by atoms with van der Waals surface area (Å²) >= 11 is 1.70. The molecule has 2 fully saturated rings. The van der Waals surface area contributed by atoms with Crippen LogP contribution >= 0.6 is 11.8 Å². The van der Waals surface area contributed by atoms with Crippen LogP contribution in [-0.4, -0.2) is 86.6 Å². The fraction of sp³-hybridized carbons (Fsp3) is 0.526. The van der Waals surface area contributed by atoms with Crippen molar-refractivity contribution in [1.82, 2.24) is 9.88 Å². The Morgan fingerprint density at radius 1 is 1.06 bits per heavy atom. The second-order valence-corrected chi connectivity index (χ2v) is 14.6. The molecule has 2 aromatic carbocycles. The number of amides is 1. The van der Waals surface area contributed by atoms with E-state index in [-0.39, 0.29) is 31.1 Å². The van der Waals surface area contributed by atoms with Gasteiger partial charge in [-0.1, -0.05) is 38.1 Å². The zero-order chi connectivity index (χ0) is 34.3. The molecule has 9 nitrogen and oxygen atoms in total. The molecule has 1 heterocycles. The van der Waals surface area contributed by atoms with Crippen LogP contribution in [0.5, 0.6) is 5.75 Å². The fourth-order valence-electron chi connectivity index (χ4n) is 5.98. The first-order valence-electron chi connectivity index (χ1n) is 17.1. The molecule has 3 aromatic rings. The van der Waals surface area contributed by atoms with E-state index < -0.39 is 18.3 Å². The van der Waals surface area contributed by atoms with Gasteiger partial charge in [0.05, 0.1) is 30.5 Å². The van der Waals surface area contributed by atoms with Crippen LogP contribution in [0.4, 0.5) is 0 Å². The number of nitrogens with zero attached hydrogens (tertiary/aromatic N) is 2. The number of aromatic nitrogens is 1. The number of rotatable bonds is 19. The van der Waals surface area contributed by atoms with Gasteiger partial charge in [-0.15, -0.1) is 11.8 Å². The van der Waals surface area contributed by atoms with E-state index in [0.29, 0.717) is 31.5 Å². The van der Waals surface area contributed by atoms with Crippen molar-refractivity contribution in [3.05, 3.63) is 77.6 Å². The molecular formula is C38H50N2O7S. The van der Waals surface area contributed by atoms with Crippen molar-refractivity contribution in [2.45, 2.75) is 106 Å². The van der Waals surface area contributed by atoms with Gasteiger partial charge < -0.3 is 34.8 Å². The van der Waals surface area contributed by atoms with Crippen molar-refractivity contribution >= 4 is 17.7 Å². The van der Waals surface area contributed by atoms with Gasteiger partial charge in [0.1, 0.15) is 11.9 Å². The topological polar surface area (TPSA) is 133 Å². The molecule has 1 aromatic heterocycles. The van der Waals surface area contributed by atoms with Gasteiger partial charge in [-0.2, -0.15) is 0 Å². The maximum Gasteiger partial charge on any atom is 0.222 e. The Morgan fingerprint density at radius 2 is 1.83 bits per heavy atom. The standard InChI is InChI=1S/C38H50N2O7S/c1-25(2)29-13-12-28(48-20-6-9-36(44)40(3)23-34(43)37(45)33(42)15-19-41)21-26(29)24-46-38(16-17-38)32-22-39-18-14-30(32)31-7-4-5-8-35(31)47-27-10-11-27/h4-5,7-8,12-14,18,21-22,25,27,33-34,37,41-43,45H,6,9-11,15-17,19-20,23-24H2,1-3H3. The van der Waals surface area contributed by atoms with Crippen molar-refractivity contribution < 1.29 is 34.7 Å². The first-order valence-corrected chi connectivity index (χ1v) is 18.1. The number of pyridine rings is 1. The molecule has 5 rings (SSSR count). The fourth-order valence-corrected chi connectivity index (χ4v) is 6.90. The lowest BCUT2D eigenvalue weighted by molar-refractivity contribution is -0.133. The number of benzene rings is 2. The van der Waals surface area contributed by atoms with Crippen molar-refractivity contribution in [3.63, 3.8) is 0 Å². The summed E-state index contributed by atoms with van der Waals surface area (Å²) < 4.78 is 13.1. The molecule has 0 aliphatic heterocycles. The van der Waals surface area contributed by atoms with Gasteiger partial charge in [0.15, 0.2) is 0 Å². The summed E-state index contributed by atoms with van der Waals surface area (Å²) in [5.41, 5.74) is 5.32. The molecule has 0 bridgehead atoms. The molecule has 0 saturated heterocycles. The average molecular weight is 679 g/mol. The number of aliphatic hydroxyl groups excluding tert-OH is 4. The summed E-state index contributed by atoms with van der Waals surface area (Å²) in [4.78, 5) is 19.7. The summed E-state index contributed by atoms with van der Waals surface area (Å²) in [5, 5.41) is 39.0. The number of hydrogen-bond donors (Lipinski definition) is 4. The van der Waals surface area contributed by atoms with Crippen molar-refractivity contribution in [3.8, 4) is 16.9 Å². The van der Waals surface area contributed by atoms with Gasteiger partial charge in [-0.25, -0.2) is 0 Å². The highest BCUT2D eigenvalue weighted by Gasteiger charge is 2.48. The van der Waals surface area contributed by atoms with Gasteiger partial charge in [0.2, 0.25) is 5.91 Å². The Hall–Kier alpha value is -2.99. The van der Waals surface area contributed by atoms with Gasteiger partial charge in [-0.05, 0) is 91.2 Å². The van der Waals surface area contributed by atoms with Crippen LogP contribution in [0.25, 0.3) is 11.1 Å². The number of likely N-dealkylation sites (N-methyl/N-ethyl adjacent to an activating group) is 1. The van der Waals surface area contributed by atoms with E-state index in [9.17, 15) is 20.1 Å². The van der Waals surface area contributed by atoms with E-state index in [2.05, 4.69) is 61.3 Å². The third-order valence-corrected chi connectivity index (χ3v) is 10.2. The molecule has 2 aliphatic carbocycles. The Kier molecular flexibility index (Phi) is 12.6. The molecule has 0 spiro atoms. The van der Waals surface area contributed by atoms with E-state index >= 15 is 0 Å². The van der Waals surface area contributed by atoms with E-state index in [1.54, 1.807) is 18.8 Å². The Morgan fingerprint density at radius 3 is 2.54 bits per heavy atom. The molecule has 2 aliphatic rings. The third kappa shape index (κ3) is 9.37. The monoisotopic (exact) mass is 678 g/mol. The van der Waals surface area contributed by atoms with Crippen LogP contribution in [0.3, 0.4) is 0 Å². The van der Waals surface area contributed by atoms with E-state index in [4.69, 9.17) is 14.6 Å². The van der Waals surface area contributed by atoms with Crippen molar-refractivity contribution in [2.24, 2.45) is 0 Å². The smallest absolute Gasteiger partial charge is 0.222 e. The number of aliphatic hydroxyl groups is 4. The lowest BCUT2D eigenvalue weighted by atomic mass is 9.95. The summed E-state index contributed by atoms with van der Waals surface area (Å²) in [6, 6.07) is 16.8.